The van der Waals surface area contributed by atoms with Crippen LogP contribution in [0.25, 0.3) is 0 Å². The summed E-state index contributed by atoms with van der Waals surface area (Å²) in [6, 6.07) is 6.13. The summed E-state index contributed by atoms with van der Waals surface area (Å²) in [6.07, 6.45) is 0. The zero-order valence-electron chi connectivity index (χ0n) is 10.4. The Morgan fingerprint density at radius 1 is 1.28 bits per heavy atom. The number of aliphatic carboxylic acids is 1. The van der Waals surface area contributed by atoms with Crippen LogP contribution in [0.15, 0.2) is 24.3 Å². The van der Waals surface area contributed by atoms with Crippen LogP contribution >= 0.6 is 0 Å². The summed E-state index contributed by atoms with van der Waals surface area (Å²) in [5, 5.41) is 21.0. The maximum Gasteiger partial charge on any atom is 0.308 e. The Labute approximate surface area is 105 Å². The van der Waals surface area contributed by atoms with E-state index in [0.717, 1.165) is 0 Å². The zero-order valence-corrected chi connectivity index (χ0v) is 10.4. The molecule has 1 rings (SSSR count). The summed E-state index contributed by atoms with van der Waals surface area (Å²) in [7, 11) is 0. The van der Waals surface area contributed by atoms with Gasteiger partial charge in [-0.25, -0.2) is 0 Å². The number of hydrogen-bond donors (Lipinski definition) is 3. The van der Waals surface area contributed by atoms with E-state index in [-0.39, 0.29) is 23.8 Å². The van der Waals surface area contributed by atoms with E-state index in [4.69, 9.17) is 5.11 Å². The zero-order chi connectivity index (χ0) is 13.7. The monoisotopic (exact) mass is 251 g/mol. The van der Waals surface area contributed by atoms with E-state index in [1.165, 1.54) is 12.1 Å². The summed E-state index contributed by atoms with van der Waals surface area (Å²) in [4.78, 5) is 22.7. The van der Waals surface area contributed by atoms with Gasteiger partial charge in [0.2, 0.25) is 0 Å². The minimum Gasteiger partial charge on any atom is -0.507 e. The van der Waals surface area contributed by atoms with Crippen molar-refractivity contribution in [3.8, 4) is 5.75 Å². The average molecular weight is 251 g/mol. The first-order chi connectivity index (χ1) is 8.43. The van der Waals surface area contributed by atoms with Gasteiger partial charge in [-0.2, -0.15) is 0 Å². The van der Waals surface area contributed by atoms with Crippen LogP contribution in [0.1, 0.15) is 24.2 Å². The van der Waals surface area contributed by atoms with Crippen LogP contribution in [-0.2, 0) is 4.79 Å². The highest BCUT2D eigenvalue weighted by molar-refractivity contribution is 5.96. The fraction of sp³-hybridized carbons (Fsp3) is 0.385. The lowest BCUT2D eigenvalue weighted by molar-refractivity contribution is -0.142. The van der Waals surface area contributed by atoms with E-state index in [2.05, 4.69) is 5.32 Å². The van der Waals surface area contributed by atoms with Gasteiger partial charge in [0.1, 0.15) is 5.75 Å². The Morgan fingerprint density at radius 2 is 1.89 bits per heavy atom. The molecular formula is C13H17NO4. The van der Waals surface area contributed by atoms with E-state index < -0.39 is 17.8 Å². The van der Waals surface area contributed by atoms with Crippen LogP contribution < -0.4 is 5.32 Å². The molecule has 0 aliphatic carbocycles. The fourth-order valence-electron chi connectivity index (χ4n) is 1.57. The topological polar surface area (TPSA) is 86.6 Å². The van der Waals surface area contributed by atoms with Crippen molar-refractivity contribution in [1.29, 1.82) is 0 Å². The van der Waals surface area contributed by atoms with Crippen LogP contribution in [0, 0.1) is 11.8 Å². The van der Waals surface area contributed by atoms with Crippen molar-refractivity contribution in [2.24, 2.45) is 11.8 Å². The highest BCUT2D eigenvalue weighted by atomic mass is 16.4. The molecule has 0 bridgehead atoms. The number of benzene rings is 1. The predicted octanol–water partition coefficient (Wildman–Crippen LogP) is 1.48. The second kappa shape index (κ2) is 6.05. The predicted molar refractivity (Wildman–Crippen MR) is 66.4 cm³/mol. The second-order valence-electron chi connectivity index (χ2n) is 4.42. The van der Waals surface area contributed by atoms with Gasteiger partial charge in [0.25, 0.3) is 5.91 Å². The van der Waals surface area contributed by atoms with Gasteiger partial charge < -0.3 is 15.5 Å². The summed E-state index contributed by atoms with van der Waals surface area (Å²) in [6.45, 7) is 3.61. The molecule has 0 spiro atoms. The molecule has 1 amide bonds. The largest absolute Gasteiger partial charge is 0.507 e. The quantitative estimate of drug-likeness (QED) is 0.739. The molecule has 18 heavy (non-hydrogen) atoms. The number of phenolic OH excluding ortho intramolecular Hbond substituents is 1. The van der Waals surface area contributed by atoms with Gasteiger partial charge in [0, 0.05) is 6.54 Å². The van der Waals surface area contributed by atoms with Gasteiger partial charge in [0.15, 0.2) is 0 Å². The molecule has 0 radical (unpaired) electrons. The molecule has 0 saturated carbocycles. The van der Waals surface area contributed by atoms with Crippen LogP contribution in [0.4, 0.5) is 0 Å². The van der Waals surface area contributed by atoms with Gasteiger partial charge in [-0.15, -0.1) is 0 Å². The smallest absolute Gasteiger partial charge is 0.308 e. The standard InChI is InChI=1S/C13H17NO4/c1-8(2)10(13(17)18)7-14-12(16)9-5-3-4-6-11(9)15/h3-6,8,10,15H,7H2,1-2H3,(H,14,16)(H,17,18). The van der Waals surface area contributed by atoms with E-state index in [1.54, 1.807) is 26.0 Å². The van der Waals surface area contributed by atoms with Gasteiger partial charge in [0.05, 0.1) is 11.5 Å². The molecule has 0 fully saturated rings. The molecule has 1 unspecified atom stereocenters. The first-order valence-electron chi connectivity index (χ1n) is 5.72. The summed E-state index contributed by atoms with van der Waals surface area (Å²) in [5.74, 6) is -2.25. The SMILES string of the molecule is CC(C)C(CNC(=O)c1ccccc1O)C(=O)O. The van der Waals surface area contributed by atoms with Crippen LogP contribution in [-0.4, -0.2) is 28.6 Å². The number of nitrogens with one attached hydrogen (secondary N) is 1. The molecule has 5 heteroatoms. The maximum absolute atomic E-state index is 11.8. The lowest BCUT2D eigenvalue weighted by Crippen LogP contribution is -2.35. The molecular weight excluding hydrogens is 234 g/mol. The minimum absolute atomic E-state index is 0.0418. The number of hydrogen-bond acceptors (Lipinski definition) is 3. The van der Waals surface area contributed by atoms with Crippen molar-refractivity contribution < 1.29 is 19.8 Å². The van der Waals surface area contributed by atoms with Crippen molar-refractivity contribution in [1.82, 2.24) is 5.32 Å². The van der Waals surface area contributed by atoms with Gasteiger partial charge >= 0.3 is 5.97 Å². The number of carboxylic acid groups (broad SMARTS) is 1. The van der Waals surface area contributed by atoms with Gasteiger partial charge in [-0.05, 0) is 18.1 Å². The molecule has 0 aliphatic heterocycles. The van der Waals surface area contributed by atoms with Gasteiger partial charge in [-0.1, -0.05) is 26.0 Å². The Bertz CT molecular complexity index is 442. The molecule has 1 atom stereocenters. The summed E-state index contributed by atoms with van der Waals surface area (Å²) < 4.78 is 0. The average Bonchev–Trinajstić information content (AvgIpc) is 2.28. The number of carboxylic acids is 1. The third kappa shape index (κ3) is 3.48. The molecule has 1 aromatic carbocycles. The Hall–Kier alpha value is -2.04. The molecule has 98 valence electrons. The van der Waals surface area contributed by atoms with Crippen LogP contribution in [0.5, 0.6) is 5.75 Å². The van der Waals surface area contributed by atoms with Crippen LogP contribution in [0.2, 0.25) is 0 Å². The molecule has 1 aromatic rings. The third-order valence-electron chi connectivity index (χ3n) is 2.75. The number of carbonyl (C=O) groups excluding carboxylic acids is 1. The number of amides is 1. The lowest BCUT2D eigenvalue weighted by Gasteiger charge is -2.16. The highest BCUT2D eigenvalue weighted by Gasteiger charge is 2.22. The van der Waals surface area contributed by atoms with Crippen molar-refractivity contribution in [2.75, 3.05) is 6.54 Å². The van der Waals surface area contributed by atoms with Crippen molar-refractivity contribution in [3.63, 3.8) is 0 Å². The number of aromatic hydroxyl groups is 1. The van der Waals surface area contributed by atoms with Gasteiger partial charge in [-0.3, -0.25) is 9.59 Å². The molecule has 5 nitrogen and oxygen atoms in total. The summed E-state index contributed by atoms with van der Waals surface area (Å²) in [5.41, 5.74) is 0.144. The lowest BCUT2D eigenvalue weighted by atomic mass is 9.96. The fourth-order valence-corrected chi connectivity index (χ4v) is 1.57. The molecule has 0 heterocycles. The summed E-state index contributed by atoms with van der Waals surface area (Å²) >= 11 is 0. The number of phenols is 1. The van der Waals surface area contributed by atoms with E-state index in [0.29, 0.717) is 0 Å². The van der Waals surface area contributed by atoms with E-state index in [1.807, 2.05) is 0 Å². The van der Waals surface area contributed by atoms with Crippen molar-refractivity contribution >= 4 is 11.9 Å². The second-order valence-corrected chi connectivity index (χ2v) is 4.42. The normalized spacial score (nSPS) is 12.2. The Morgan fingerprint density at radius 3 is 2.39 bits per heavy atom. The molecule has 0 aromatic heterocycles. The Kier molecular flexibility index (Phi) is 4.71. The van der Waals surface area contributed by atoms with E-state index in [9.17, 15) is 14.7 Å². The highest BCUT2D eigenvalue weighted by Crippen LogP contribution is 2.16. The molecule has 3 N–H and O–H groups in total. The maximum atomic E-state index is 11.8. The molecule has 0 saturated heterocycles. The van der Waals surface area contributed by atoms with Crippen molar-refractivity contribution in [2.45, 2.75) is 13.8 Å². The minimum atomic E-state index is -0.942. The van der Waals surface area contributed by atoms with Crippen molar-refractivity contribution in [3.05, 3.63) is 29.8 Å². The van der Waals surface area contributed by atoms with E-state index >= 15 is 0 Å². The molecule has 0 aliphatic rings. The number of carbonyl (C=O) groups is 2. The Balaban J connectivity index is 2.66. The number of rotatable bonds is 5. The number of para-hydroxylation sites is 1. The first kappa shape index (κ1) is 14.0. The third-order valence-corrected chi connectivity index (χ3v) is 2.75. The van der Waals surface area contributed by atoms with Crippen LogP contribution in [0.3, 0.4) is 0 Å². The first-order valence-corrected chi connectivity index (χ1v) is 5.72.